The quantitative estimate of drug-likeness (QED) is 0.641. The lowest BCUT2D eigenvalue weighted by atomic mass is 10.2. The van der Waals surface area contributed by atoms with E-state index in [-0.39, 0.29) is 12.5 Å². The smallest absolute Gasteiger partial charge is 0.408 e. The minimum Gasteiger partial charge on any atom is -0.480 e. The van der Waals surface area contributed by atoms with Gasteiger partial charge >= 0.3 is 12.1 Å². The second-order valence-corrected chi connectivity index (χ2v) is 3.18. The molecule has 1 fully saturated rings. The molecule has 5 nitrogen and oxygen atoms in total. The van der Waals surface area contributed by atoms with Gasteiger partial charge in [0.1, 0.15) is 12.6 Å². The van der Waals surface area contributed by atoms with E-state index in [0.29, 0.717) is 0 Å². The van der Waals surface area contributed by atoms with Crippen molar-refractivity contribution in [3.8, 4) is 0 Å². The standard InChI is InChI=1S/C9H13NO4/c1-2-5-14-9(13)10-7(8(11)12)6-3-4-6/h2,6-7H,1,3-5H2,(H,10,13)(H,11,12)/t7-/m1/s1. The minimum absolute atomic E-state index is 0.0591. The van der Waals surface area contributed by atoms with E-state index in [0.717, 1.165) is 12.8 Å². The van der Waals surface area contributed by atoms with Gasteiger partial charge in [0, 0.05) is 0 Å². The zero-order valence-electron chi connectivity index (χ0n) is 7.73. The maximum Gasteiger partial charge on any atom is 0.408 e. The van der Waals surface area contributed by atoms with Gasteiger partial charge in [0.05, 0.1) is 0 Å². The molecule has 0 unspecified atom stereocenters. The highest BCUT2D eigenvalue weighted by atomic mass is 16.5. The van der Waals surface area contributed by atoms with Crippen molar-refractivity contribution >= 4 is 12.1 Å². The first kappa shape index (κ1) is 10.6. The molecule has 0 bridgehead atoms. The molecule has 1 rings (SSSR count). The van der Waals surface area contributed by atoms with Crippen LogP contribution in [0.2, 0.25) is 0 Å². The Labute approximate surface area is 81.7 Å². The topological polar surface area (TPSA) is 75.6 Å². The fraction of sp³-hybridized carbons (Fsp3) is 0.556. The van der Waals surface area contributed by atoms with Crippen molar-refractivity contribution in [3.63, 3.8) is 0 Å². The molecule has 14 heavy (non-hydrogen) atoms. The van der Waals surface area contributed by atoms with Crippen LogP contribution < -0.4 is 5.32 Å². The summed E-state index contributed by atoms with van der Waals surface area (Å²) in [6, 6.07) is -0.813. The second-order valence-electron chi connectivity index (χ2n) is 3.18. The number of nitrogens with one attached hydrogen (secondary N) is 1. The van der Waals surface area contributed by atoms with Gasteiger partial charge in [-0.25, -0.2) is 9.59 Å². The number of carboxylic acid groups (broad SMARTS) is 1. The summed E-state index contributed by atoms with van der Waals surface area (Å²) in [6.45, 7) is 3.46. The van der Waals surface area contributed by atoms with E-state index in [1.807, 2.05) is 0 Å². The summed E-state index contributed by atoms with van der Waals surface area (Å²) < 4.78 is 4.62. The number of rotatable bonds is 5. The van der Waals surface area contributed by atoms with Crippen LogP contribution in [0.3, 0.4) is 0 Å². The van der Waals surface area contributed by atoms with Gasteiger partial charge in [-0.1, -0.05) is 12.7 Å². The summed E-state index contributed by atoms with van der Waals surface area (Å²) >= 11 is 0. The zero-order chi connectivity index (χ0) is 10.6. The zero-order valence-corrected chi connectivity index (χ0v) is 7.73. The normalized spacial score (nSPS) is 16.9. The highest BCUT2D eigenvalue weighted by Crippen LogP contribution is 2.32. The number of alkyl carbamates (subject to hydrolysis) is 1. The van der Waals surface area contributed by atoms with Crippen molar-refractivity contribution in [2.24, 2.45) is 5.92 Å². The summed E-state index contributed by atoms with van der Waals surface area (Å²) in [5.41, 5.74) is 0. The fourth-order valence-electron chi connectivity index (χ4n) is 1.11. The Bertz CT molecular complexity index is 247. The van der Waals surface area contributed by atoms with E-state index < -0.39 is 18.1 Å². The van der Waals surface area contributed by atoms with Crippen molar-refractivity contribution in [3.05, 3.63) is 12.7 Å². The van der Waals surface area contributed by atoms with Crippen molar-refractivity contribution in [2.75, 3.05) is 6.61 Å². The van der Waals surface area contributed by atoms with Gasteiger partial charge in [0.15, 0.2) is 0 Å². The van der Waals surface area contributed by atoms with E-state index in [1.54, 1.807) is 0 Å². The fourth-order valence-corrected chi connectivity index (χ4v) is 1.11. The third-order valence-electron chi connectivity index (χ3n) is 1.97. The van der Waals surface area contributed by atoms with Gasteiger partial charge in [-0.3, -0.25) is 0 Å². The Morgan fingerprint density at radius 1 is 1.64 bits per heavy atom. The van der Waals surface area contributed by atoms with Crippen molar-refractivity contribution in [1.29, 1.82) is 0 Å². The van der Waals surface area contributed by atoms with Crippen LogP contribution >= 0.6 is 0 Å². The first-order valence-corrected chi connectivity index (χ1v) is 4.42. The summed E-state index contributed by atoms with van der Waals surface area (Å²) in [4.78, 5) is 21.7. The minimum atomic E-state index is -1.01. The lowest BCUT2D eigenvalue weighted by Crippen LogP contribution is -2.42. The molecular weight excluding hydrogens is 186 g/mol. The number of carbonyl (C=O) groups excluding carboxylic acids is 1. The third-order valence-corrected chi connectivity index (χ3v) is 1.97. The van der Waals surface area contributed by atoms with Crippen LogP contribution in [-0.4, -0.2) is 29.8 Å². The highest BCUT2D eigenvalue weighted by molar-refractivity contribution is 5.80. The number of hydrogen-bond acceptors (Lipinski definition) is 3. The van der Waals surface area contributed by atoms with Crippen LogP contribution in [0.25, 0.3) is 0 Å². The first-order valence-electron chi connectivity index (χ1n) is 4.42. The van der Waals surface area contributed by atoms with E-state index in [1.165, 1.54) is 6.08 Å². The Kier molecular flexibility index (Phi) is 3.50. The number of amides is 1. The summed E-state index contributed by atoms with van der Waals surface area (Å²) in [5, 5.41) is 11.1. The molecule has 1 saturated carbocycles. The second kappa shape index (κ2) is 4.64. The Balaban J connectivity index is 2.34. The number of carboxylic acids is 1. The maximum absolute atomic E-state index is 11.0. The predicted octanol–water partition coefficient (Wildman–Crippen LogP) is 0.762. The van der Waals surface area contributed by atoms with E-state index in [9.17, 15) is 9.59 Å². The summed E-state index contributed by atoms with van der Waals surface area (Å²) in [6.07, 6.45) is 2.41. The molecule has 0 heterocycles. The molecule has 0 spiro atoms. The van der Waals surface area contributed by atoms with Gasteiger partial charge in [-0.2, -0.15) is 0 Å². The highest BCUT2D eigenvalue weighted by Gasteiger charge is 2.37. The van der Waals surface area contributed by atoms with Crippen LogP contribution in [0.5, 0.6) is 0 Å². The van der Waals surface area contributed by atoms with Gasteiger partial charge in [-0.05, 0) is 18.8 Å². The molecule has 1 amide bonds. The SMILES string of the molecule is C=CCOC(=O)N[C@@H](C(=O)O)C1CC1. The molecule has 1 aliphatic carbocycles. The molecule has 5 heteroatoms. The molecule has 0 aromatic carbocycles. The first-order chi connectivity index (χ1) is 6.65. The molecule has 78 valence electrons. The Hall–Kier alpha value is -1.52. The molecule has 0 radical (unpaired) electrons. The van der Waals surface area contributed by atoms with Crippen LogP contribution in [0.15, 0.2) is 12.7 Å². The van der Waals surface area contributed by atoms with Gasteiger partial charge in [0.25, 0.3) is 0 Å². The largest absolute Gasteiger partial charge is 0.480 e. The molecule has 0 aromatic rings. The van der Waals surface area contributed by atoms with Crippen molar-refractivity contribution in [2.45, 2.75) is 18.9 Å². The molecular formula is C9H13NO4. The number of ether oxygens (including phenoxy) is 1. The van der Waals surface area contributed by atoms with Crippen LogP contribution in [0.1, 0.15) is 12.8 Å². The van der Waals surface area contributed by atoms with Gasteiger partial charge in [-0.15, -0.1) is 0 Å². The van der Waals surface area contributed by atoms with Crippen LogP contribution in [-0.2, 0) is 9.53 Å². The summed E-state index contributed by atoms with van der Waals surface area (Å²) in [7, 11) is 0. The van der Waals surface area contributed by atoms with Crippen molar-refractivity contribution in [1.82, 2.24) is 5.32 Å². The average Bonchev–Trinajstić information content (AvgIpc) is 2.93. The Morgan fingerprint density at radius 3 is 2.71 bits per heavy atom. The van der Waals surface area contributed by atoms with E-state index in [2.05, 4.69) is 16.6 Å². The third kappa shape index (κ3) is 3.08. The van der Waals surface area contributed by atoms with E-state index >= 15 is 0 Å². The lowest BCUT2D eigenvalue weighted by Gasteiger charge is -2.12. The lowest BCUT2D eigenvalue weighted by molar-refractivity contribution is -0.139. The van der Waals surface area contributed by atoms with E-state index in [4.69, 9.17) is 5.11 Å². The average molecular weight is 199 g/mol. The molecule has 0 saturated heterocycles. The van der Waals surface area contributed by atoms with Crippen LogP contribution in [0, 0.1) is 5.92 Å². The van der Waals surface area contributed by atoms with Gasteiger partial charge < -0.3 is 15.2 Å². The van der Waals surface area contributed by atoms with Crippen LogP contribution in [0.4, 0.5) is 4.79 Å². The van der Waals surface area contributed by atoms with Crippen molar-refractivity contribution < 1.29 is 19.4 Å². The molecule has 0 aromatic heterocycles. The molecule has 1 atom stereocenters. The number of aliphatic carboxylic acids is 1. The molecule has 1 aliphatic rings. The maximum atomic E-state index is 11.0. The number of hydrogen-bond donors (Lipinski definition) is 2. The Morgan fingerprint density at radius 2 is 2.29 bits per heavy atom. The molecule has 0 aliphatic heterocycles. The summed E-state index contributed by atoms with van der Waals surface area (Å²) in [5.74, 6) is -0.952. The monoisotopic (exact) mass is 199 g/mol. The molecule has 2 N–H and O–H groups in total. The van der Waals surface area contributed by atoms with Gasteiger partial charge in [0.2, 0.25) is 0 Å². The predicted molar refractivity (Wildman–Crippen MR) is 48.8 cm³/mol. The number of carbonyl (C=O) groups is 2.